The lowest BCUT2D eigenvalue weighted by Crippen LogP contribution is -2.40. The van der Waals surface area contributed by atoms with Crippen molar-refractivity contribution < 1.29 is 5.11 Å². The average Bonchev–Trinajstić information content (AvgIpc) is 2.76. The van der Waals surface area contributed by atoms with Crippen LogP contribution < -0.4 is 11.2 Å². The number of allylic oxidation sites excluding steroid dienone is 2. The minimum Gasteiger partial charge on any atom is -0.395 e. The summed E-state index contributed by atoms with van der Waals surface area (Å²) < 4.78 is 4.53. The zero-order valence-electron chi connectivity index (χ0n) is 12.1. The summed E-state index contributed by atoms with van der Waals surface area (Å²) in [5.41, 5.74) is 0.857. The quantitative estimate of drug-likeness (QED) is 0.642. The number of hydrogen-bond donors (Lipinski definition) is 1. The highest BCUT2D eigenvalue weighted by Crippen LogP contribution is 2.16. The monoisotopic (exact) mass is 356 g/mol. The first-order chi connectivity index (χ1) is 9.88. The van der Waals surface area contributed by atoms with Gasteiger partial charge in [-0.3, -0.25) is 13.9 Å². The van der Waals surface area contributed by atoms with Crippen LogP contribution in [0.4, 0.5) is 0 Å². The fourth-order valence-electron chi connectivity index (χ4n) is 2.08. The third-order valence-electron chi connectivity index (χ3n) is 3.19. The molecule has 0 bridgehead atoms. The molecule has 0 atom stereocenters. The maximum Gasteiger partial charge on any atom is 0.332 e. The van der Waals surface area contributed by atoms with Crippen LogP contribution in [0.3, 0.4) is 0 Å². The molecule has 8 heteroatoms. The van der Waals surface area contributed by atoms with Gasteiger partial charge in [-0.05, 0) is 29.8 Å². The van der Waals surface area contributed by atoms with Crippen molar-refractivity contribution >= 4 is 27.1 Å². The second kappa shape index (κ2) is 5.98. The molecule has 0 fully saturated rings. The molecule has 0 spiro atoms. The first-order valence-electron chi connectivity index (χ1n) is 6.48. The summed E-state index contributed by atoms with van der Waals surface area (Å²) in [4.78, 5) is 28.9. The molecule has 21 heavy (non-hydrogen) atoms. The topological polar surface area (TPSA) is 82.1 Å². The number of aryl methyl sites for hydroxylation is 1. The van der Waals surface area contributed by atoms with Crippen molar-refractivity contribution in [3.63, 3.8) is 0 Å². The molecule has 114 valence electrons. The van der Waals surface area contributed by atoms with Gasteiger partial charge in [0.1, 0.15) is 0 Å². The summed E-state index contributed by atoms with van der Waals surface area (Å²) in [6.45, 7) is 4.10. The van der Waals surface area contributed by atoms with Crippen LogP contribution in [0.15, 0.2) is 26.0 Å². The Morgan fingerprint density at radius 1 is 1.33 bits per heavy atom. The molecule has 0 saturated carbocycles. The van der Waals surface area contributed by atoms with E-state index in [-0.39, 0.29) is 13.2 Å². The standard InChI is InChI=1S/C13H17BrN4O3/c1-8(2)4-5-17-9-10(15-12(17)14)16(3)13(21)18(6-7-19)11(9)20/h4,19H,5-7H2,1-3H3. The molecule has 1 N–H and O–H groups in total. The second-order valence-electron chi connectivity index (χ2n) is 4.97. The SMILES string of the molecule is CC(C)=CCn1c(Br)nc2c1c(=O)n(CCO)c(=O)n2C. The van der Waals surface area contributed by atoms with Gasteiger partial charge in [0.05, 0.1) is 13.2 Å². The highest BCUT2D eigenvalue weighted by atomic mass is 79.9. The molecule has 0 unspecified atom stereocenters. The predicted molar refractivity (Wildman–Crippen MR) is 83.5 cm³/mol. The minimum atomic E-state index is -0.485. The number of aromatic nitrogens is 4. The maximum atomic E-state index is 12.5. The van der Waals surface area contributed by atoms with Gasteiger partial charge in [0.2, 0.25) is 0 Å². The largest absolute Gasteiger partial charge is 0.395 e. The number of rotatable bonds is 4. The average molecular weight is 357 g/mol. The Hall–Kier alpha value is -1.67. The van der Waals surface area contributed by atoms with Crippen molar-refractivity contribution in [3.05, 3.63) is 37.2 Å². The van der Waals surface area contributed by atoms with E-state index in [4.69, 9.17) is 5.11 Å². The molecule has 7 nitrogen and oxygen atoms in total. The van der Waals surface area contributed by atoms with Gasteiger partial charge in [0.15, 0.2) is 15.9 Å². The van der Waals surface area contributed by atoms with Gasteiger partial charge in [-0.2, -0.15) is 0 Å². The highest BCUT2D eigenvalue weighted by molar-refractivity contribution is 9.10. The third-order valence-corrected chi connectivity index (χ3v) is 3.80. The molecule has 2 aromatic heterocycles. The molecule has 0 saturated heterocycles. The predicted octanol–water partition coefficient (Wildman–Crippen LogP) is 0.618. The Morgan fingerprint density at radius 3 is 2.57 bits per heavy atom. The molecule has 2 heterocycles. The van der Waals surface area contributed by atoms with Gasteiger partial charge < -0.3 is 9.67 Å². The van der Waals surface area contributed by atoms with Gasteiger partial charge in [0.25, 0.3) is 5.56 Å². The molecular formula is C13H17BrN4O3. The smallest absolute Gasteiger partial charge is 0.332 e. The number of aliphatic hydroxyl groups excluding tert-OH is 1. The van der Waals surface area contributed by atoms with Crippen molar-refractivity contribution in [3.8, 4) is 0 Å². The van der Waals surface area contributed by atoms with Crippen molar-refractivity contribution in [2.24, 2.45) is 7.05 Å². The Balaban J connectivity index is 2.83. The molecule has 2 rings (SSSR count). The molecular weight excluding hydrogens is 340 g/mol. The normalized spacial score (nSPS) is 11.1. The lowest BCUT2D eigenvalue weighted by atomic mass is 10.3. The third kappa shape index (κ3) is 2.73. The van der Waals surface area contributed by atoms with E-state index in [1.807, 2.05) is 19.9 Å². The van der Waals surface area contributed by atoms with Gasteiger partial charge in [-0.15, -0.1) is 0 Å². The van der Waals surface area contributed by atoms with Crippen LogP contribution in [0.25, 0.3) is 11.2 Å². The summed E-state index contributed by atoms with van der Waals surface area (Å²) in [5, 5.41) is 9.03. The van der Waals surface area contributed by atoms with Crippen molar-refractivity contribution in [2.45, 2.75) is 26.9 Å². The molecule has 0 aliphatic carbocycles. The van der Waals surface area contributed by atoms with Gasteiger partial charge in [-0.25, -0.2) is 9.78 Å². The van der Waals surface area contributed by atoms with E-state index in [2.05, 4.69) is 20.9 Å². The summed E-state index contributed by atoms with van der Waals surface area (Å²) >= 11 is 3.33. The minimum absolute atomic E-state index is 0.0348. The molecule has 0 radical (unpaired) electrons. The Kier molecular flexibility index (Phi) is 4.48. The van der Waals surface area contributed by atoms with E-state index in [0.717, 1.165) is 10.1 Å². The number of hydrogen-bond acceptors (Lipinski definition) is 4. The van der Waals surface area contributed by atoms with Crippen LogP contribution in [0.1, 0.15) is 13.8 Å². The van der Waals surface area contributed by atoms with Crippen molar-refractivity contribution in [2.75, 3.05) is 6.61 Å². The Labute approximate surface area is 129 Å². The van der Waals surface area contributed by atoms with Crippen molar-refractivity contribution in [1.82, 2.24) is 18.7 Å². The van der Waals surface area contributed by atoms with E-state index in [1.54, 1.807) is 11.6 Å². The number of imidazole rings is 1. The number of nitrogens with zero attached hydrogens (tertiary/aromatic N) is 4. The molecule has 2 aromatic rings. The second-order valence-corrected chi connectivity index (χ2v) is 5.68. The highest BCUT2D eigenvalue weighted by Gasteiger charge is 2.18. The molecule has 0 amide bonds. The lowest BCUT2D eigenvalue weighted by molar-refractivity contribution is 0.271. The fraction of sp³-hybridized carbons (Fsp3) is 0.462. The lowest BCUT2D eigenvalue weighted by Gasteiger charge is -2.08. The van der Waals surface area contributed by atoms with Gasteiger partial charge in [0, 0.05) is 13.6 Å². The number of fused-ring (bicyclic) bond motifs is 1. The van der Waals surface area contributed by atoms with Crippen LogP contribution in [0.2, 0.25) is 0 Å². The van der Waals surface area contributed by atoms with Crippen LogP contribution >= 0.6 is 15.9 Å². The summed E-state index contributed by atoms with van der Waals surface area (Å²) in [6, 6.07) is 0. The van der Waals surface area contributed by atoms with Crippen LogP contribution in [0.5, 0.6) is 0 Å². The first-order valence-corrected chi connectivity index (χ1v) is 7.27. The van der Waals surface area contributed by atoms with Gasteiger partial charge >= 0.3 is 5.69 Å². The van der Waals surface area contributed by atoms with Crippen LogP contribution in [0, 0.1) is 0 Å². The number of aliphatic hydroxyl groups is 1. The zero-order chi connectivity index (χ0) is 15.7. The van der Waals surface area contributed by atoms with E-state index in [0.29, 0.717) is 22.4 Å². The van der Waals surface area contributed by atoms with Crippen LogP contribution in [-0.4, -0.2) is 30.4 Å². The molecule has 0 aliphatic heterocycles. The van der Waals surface area contributed by atoms with E-state index in [1.165, 1.54) is 4.57 Å². The van der Waals surface area contributed by atoms with E-state index >= 15 is 0 Å². The molecule has 0 aromatic carbocycles. The Morgan fingerprint density at radius 2 is 2.00 bits per heavy atom. The Bertz CT molecular complexity index is 825. The zero-order valence-corrected chi connectivity index (χ0v) is 13.7. The van der Waals surface area contributed by atoms with Gasteiger partial charge in [-0.1, -0.05) is 11.6 Å². The van der Waals surface area contributed by atoms with E-state index in [9.17, 15) is 9.59 Å². The fourth-order valence-corrected chi connectivity index (χ4v) is 2.57. The summed E-state index contributed by atoms with van der Waals surface area (Å²) in [5.74, 6) is 0. The first kappa shape index (κ1) is 15.7. The van der Waals surface area contributed by atoms with Crippen molar-refractivity contribution in [1.29, 1.82) is 0 Å². The maximum absolute atomic E-state index is 12.5. The van der Waals surface area contributed by atoms with Crippen LogP contribution in [-0.2, 0) is 20.1 Å². The summed E-state index contributed by atoms with van der Waals surface area (Å²) in [6.07, 6.45) is 1.97. The summed E-state index contributed by atoms with van der Waals surface area (Å²) in [7, 11) is 1.56. The van der Waals surface area contributed by atoms with E-state index < -0.39 is 11.2 Å². The number of halogens is 1. The molecule has 0 aliphatic rings.